The topological polar surface area (TPSA) is 113 Å². The molecule has 0 fully saturated rings. The van der Waals surface area contributed by atoms with Gasteiger partial charge < -0.3 is 14.7 Å². The number of hydrogen-bond donors (Lipinski definition) is 2. The minimum absolute atomic E-state index is 0.00537. The molecule has 0 aliphatic carbocycles. The zero-order valence-electron chi connectivity index (χ0n) is 12.6. The average Bonchev–Trinajstić information content (AvgIpc) is 2.98. The molecular formula is C12H18N6O3S. The van der Waals surface area contributed by atoms with Crippen LogP contribution in [0.5, 0.6) is 0 Å². The molecule has 0 radical (unpaired) electrons. The fourth-order valence-corrected chi connectivity index (χ4v) is 2.52. The highest BCUT2D eigenvalue weighted by molar-refractivity contribution is 7.89. The Labute approximate surface area is 128 Å². The number of aryl methyl sites for hydroxylation is 1. The summed E-state index contributed by atoms with van der Waals surface area (Å²) in [7, 11) is 0.179. The summed E-state index contributed by atoms with van der Waals surface area (Å²) in [6, 6.07) is 1.86. The Balaban J connectivity index is 1.89. The van der Waals surface area contributed by atoms with Crippen LogP contribution in [0.1, 0.15) is 5.69 Å². The first-order chi connectivity index (χ1) is 10.4. The first-order valence-electron chi connectivity index (χ1n) is 6.54. The van der Waals surface area contributed by atoms with Crippen LogP contribution in [0, 0.1) is 6.92 Å². The third-order valence-corrected chi connectivity index (χ3v) is 4.13. The number of nitrogens with one attached hydrogen (secondary N) is 2. The van der Waals surface area contributed by atoms with Crippen molar-refractivity contribution in [3.05, 3.63) is 24.2 Å². The van der Waals surface area contributed by atoms with Gasteiger partial charge in [0.25, 0.3) is 0 Å². The van der Waals surface area contributed by atoms with Gasteiger partial charge in [-0.2, -0.15) is 4.98 Å². The van der Waals surface area contributed by atoms with Gasteiger partial charge in [-0.1, -0.05) is 5.16 Å². The Hall–Kier alpha value is -2.20. The summed E-state index contributed by atoms with van der Waals surface area (Å²) >= 11 is 0. The van der Waals surface area contributed by atoms with Gasteiger partial charge in [0.15, 0.2) is 0 Å². The van der Waals surface area contributed by atoms with Crippen molar-refractivity contribution in [1.82, 2.24) is 19.8 Å². The van der Waals surface area contributed by atoms with Crippen LogP contribution in [-0.2, 0) is 10.0 Å². The average molecular weight is 326 g/mol. The quantitative estimate of drug-likeness (QED) is 0.695. The third-order valence-electron chi connectivity index (χ3n) is 2.72. The van der Waals surface area contributed by atoms with E-state index in [9.17, 15) is 8.42 Å². The molecular weight excluding hydrogens is 308 g/mol. The van der Waals surface area contributed by atoms with E-state index < -0.39 is 10.0 Å². The van der Waals surface area contributed by atoms with Gasteiger partial charge in [-0.3, -0.25) is 0 Å². The van der Waals surface area contributed by atoms with Gasteiger partial charge in [-0.25, -0.2) is 18.1 Å². The Morgan fingerprint density at radius 2 is 2.05 bits per heavy atom. The second kappa shape index (κ2) is 6.71. The normalized spacial score (nSPS) is 11.4. The van der Waals surface area contributed by atoms with Crippen molar-refractivity contribution in [2.24, 2.45) is 0 Å². The van der Waals surface area contributed by atoms with E-state index in [2.05, 4.69) is 29.7 Å². The van der Waals surface area contributed by atoms with Crippen molar-refractivity contribution in [2.75, 3.05) is 37.4 Å². The maximum absolute atomic E-state index is 11.8. The van der Waals surface area contributed by atoms with E-state index in [4.69, 9.17) is 0 Å². The van der Waals surface area contributed by atoms with E-state index in [-0.39, 0.29) is 11.4 Å². The van der Waals surface area contributed by atoms with Crippen LogP contribution in [0.3, 0.4) is 0 Å². The van der Waals surface area contributed by atoms with Crippen LogP contribution in [0.2, 0.25) is 0 Å². The summed E-state index contributed by atoms with van der Waals surface area (Å²) in [5.74, 6) is 1.23. The number of rotatable bonds is 7. The summed E-state index contributed by atoms with van der Waals surface area (Å²) in [5, 5.41) is 6.35. The fraction of sp³-hybridized carbons (Fsp3) is 0.417. The minimum atomic E-state index is -3.60. The molecule has 9 nitrogen and oxygen atoms in total. The second-order valence-electron chi connectivity index (χ2n) is 4.77. The highest BCUT2D eigenvalue weighted by Gasteiger charge is 2.15. The monoisotopic (exact) mass is 326 g/mol. The lowest BCUT2D eigenvalue weighted by Crippen LogP contribution is -2.29. The highest BCUT2D eigenvalue weighted by Crippen LogP contribution is 2.11. The van der Waals surface area contributed by atoms with Gasteiger partial charge in [0, 0.05) is 38.9 Å². The van der Waals surface area contributed by atoms with Crippen LogP contribution in [0.15, 0.2) is 27.9 Å². The van der Waals surface area contributed by atoms with Crippen molar-refractivity contribution in [1.29, 1.82) is 0 Å². The lowest BCUT2D eigenvalue weighted by molar-refractivity contribution is 0.417. The van der Waals surface area contributed by atoms with Crippen molar-refractivity contribution in [3.8, 4) is 0 Å². The second-order valence-corrected chi connectivity index (χ2v) is 6.54. The van der Waals surface area contributed by atoms with Gasteiger partial charge in [0.05, 0.1) is 6.20 Å². The molecule has 0 unspecified atom stereocenters. The molecule has 0 aliphatic heterocycles. The Morgan fingerprint density at radius 3 is 2.68 bits per heavy atom. The molecule has 120 valence electrons. The molecule has 22 heavy (non-hydrogen) atoms. The Kier molecular flexibility index (Phi) is 4.93. The molecule has 2 rings (SSSR count). The first-order valence-corrected chi connectivity index (χ1v) is 8.03. The number of aromatic nitrogens is 3. The minimum Gasteiger partial charge on any atom is -0.363 e. The van der Waals surface area contributed by atoms with Gasteiger partial charge in [0.1, 0.15) is 17.0 Å². The summed E-state index contributed by atoms with van der Waals surface area (Å²) in [4.78, 5) is 10.4. The van der Waals surface area contributed by atoms with Gasteiger partial charge in [-0.15, -0.1) is 0 Å². The van der Waals surface area contributed by atoms with Crippen LogP contribution >= 0.6 is 0 Å². The number of hydrogen-bond acceptors (Lipinski definition) is 8. The lowest BCUT2D eigenvalue weighted by Gasteiger charge is -2.13. The molecule has 0 aliphatic rings. The summed E-state index contributed by atoms with van der Waals surface area (Å²) in [5.41, 5.74) is 0.825. The van der Waals surface area contributed by atoms with E-state index in [1.54, 1.807) is 0 Å². The molecule has 0 bridgehead atoms. The molecule has 2 heterocycles. The predicted molar refractivity (Wildman–Crippen MR) is 81.3 cm³/mol. The number of anilines is 2. The highest BCUT2D eigenvalue weighted by atomic mass is 32.2. The summed E-state index contributed by atoms with van der Waals surface area (Å²) in [6.45, 7) is 2.40. The molecule has 0 saturated carbocycles. The van der Waals surface area contributed by atoms with Gasteiger partial charge in [0.2, 0.25) is 16.0 Å². The number of sulfonamides is 1. The van der Waals surface area contributed by atoms with Gasteiger partial charge in [-0.05, 0) is 6.92 Å². The Bertz CT molecular complexity index is 714. The van der Waals surface area contributed by atoms with Crippen molar-refractivity contribution >= 4 is 21.8 Å². The Morgan fingerprint density at radius 1 is 1.27 bits per heavy atom. The molecule has 0 aromatic carbocycles. The fourth-order valence-electron chi connectivity index (χ4n) is 1.63. The third kappa shape index (κ3) is 4.15. The van der Waals surface area contributed by atoms with E-state index >= 15 is 0 Å². The van der Waals surface area contributed by atoms with E-state index in [0.717, 1.165) is 24.0 Å². The van der Waals surface area contributed by atoms with Crippen LogP contribution in [0.25, 0.3) is 0 Å². The van der Waals surface area contributed by atoms with Crippen molar-refractivity contribution < 1.29 is 12.9 Å². The van der Waals surface area contributed by atoms with Gasteiger partial charge >= 0.3 is 0 Å². The van der Waals surface area contributed by atoms with Crippen LogP contribution in [0.4, 0.5) is 11.8 Å². The van der Waals surface area contributed by atoms with E-state index in [1.165, 1.54) is 0 Å². The lowest BCUT2D eigenvalue weighted by atomic mass is 10.4. The molecule has 2 aromatic heterocycles. The van der Waals surface area contributed by atoms with Crippen molar-refractivity contribution in [3.63, 3.8) is 0 Å². The molecule has 2 aromatic rings. The molecule has 0 saturated heterocycles. The molecule has 0 amide bonds. The number of nitrogens with zero attached hydrogens (tertiary/aromatic N) is 4. The van der Waals surface area contributed by atoms with Crippen LogP contribution in [-0.4, -0.2) is 50.7 Å². The SMILES string of the molecule is Cc1cc(N(C)C)nc(NCCNS(=O)(=O)c2cnoc2)n1. The summed E-state index contributed by atoms with van der Waals surface area (Å²) in [6.07, 6.45) is 2.21. The molecule has 0 spiro atoms. The maximum Gasteiger partial charge on any atom is 0.245 e. The summed E-state index contributed by atoms with van der Waals surface area (Å²) < 4.78 is 30.6. The van der Waals surface area contributed by atoms with Crippen LogP contribution < -0.4 is 14.9 Å². The molecule has 2 N–H and O–H groups in total. The molecule has 0 atom stereocenters. The molecule has 10 heteroatoms. The van der Waals surface area contributed by atoms with Crippen molar-refractivity contribution in [2.45, 2.75) is 11.8 Å². The zero-order chi connectivity index (χ0) is 16.2. The smallest absolute Gasteiger partial charge is 0.245 e. The first kappa shape index (κ1) is 16.2. The maximum atomic E-state index is 11.8. The largest absolute Gasteiger partial charge is 0.363 e. The predicted octanol–water partition coefficient (Wildman–Crippen LogP) is 0.229. The zero-order valence-corrected chi connectivity index (χ0v) is 13.4. The standard InChI is InChI=1S/C12H18N6O3S/c1-9-6-11(18(2)3)17-12(16-9)13-4-5-15-22(19,20)10-7-14-21-8-10/h6-8,15H,4-5H2,1-3H3,(H,13,16,17). The van der Waals surface area contributed by atoms with E-state index in [1.807, 2.05) is 32.0 Å². The van der Waals surface area contributed by atoms with E-state index in [0.29, 0.717) is 12.5 Å².